The topological polar surface area (TPSA) is 90.4 Å². The zero-order valence-corrected chi connectivity index (χ0v) is 21.7. The Labute approximate surface area is 216 Å². The fourth-order valence-corrected chi connectivity index (χ4v) is 6.88. The molecule has 4 aliphatic rings. The summed E-state index contributed by atoms with van der Waals surface area (Å²) < 4.78 is 6.76. The van der Waals surface area contributed by atoms with Gasteiger partial charge in [-0.25, -0.2) is 0 Å². The number of likely N-dealkylation sites (N-methyl/N-ethyl adjacent to an activating group) is 1. The summed E-state index contributed by atoms with van der Waals surface area (Å²) in [6.07, 6.45) is 7.80. The highest BCUT2D eigenvalue weighted by Crippen LogP contribution is 2.58. The maximum atomic E-state index is 14.4. The molecule has 9 heteroatoms. The maximum Gasteiger partial charge on any atom is 0.253 e. The van der Waals surface area contributed by atoms with Crippen LogP contribution in [0.2, 0.25) is 5.02 Å². The molecule has 36 heavy (non-hydrogen) atoms. The van der Waals surface area contributed by atoms with E-state index in [4.69, 9.17) is 16.3 Å². The van der Waals surface area contributed by atoms with Crippen molar-refractivity contribution in [1.29, 1.82) is 0 Å². The van der Waals surface area contributed by atoms with Gasteiger partial charge in [0.2, 0.25) is 11.8 Å². The number of hydrogen-bond donors (Lipinski definition) is 1. The molecule has 8 nitrogen and oxygen atoms in total. The summed E-state index contributed by atoms with van der Waals surface area (Å²) in [5.41, 5.74) is -1.02. The van der Waals surface area contributed by atoms with E-state index >= 15 is 0 Å². The highest BCUT2D eigenvalue weighted by Gasteiger charge is 2.75. The van der Waals surface area contributed by atoms with Crippen molar-refractivity contribution in [3.8, 4) is 0 Å². The van der Waals surface area contributed by atoms with Gasteiger partial charge in [-0.1, -0.05) is 55.0 Å². The number of hydrogen-bond acceptors (Lipinski definition) is 5. The van der Waals surface area contributed by atoms with Crippen molar-refractivity contribution in [2.24, 2.45) is 11.8 Å². The molecule has 192 valence electrons. The number of likely N-dealkylation sites (tertiary alicyclic amines) is 1. The average Bonchev–Trinajstić information content (AvgIpc) is 3.11. The third-order valence-electron chi connectivity index (χ3n) is 8.23. The summed E-state index contributed by atoms with van der Waals surface area (Å²) in [7, 11) is 1.71. The molecule has 0 aromatic heterocycles. The summed E-state index contributed by atoms with van der Waals surface area (Å²) in [5.74, 6) is -2.59. The van der Waals surface area contributed by atoms with Gasteiger partial charge >= 0.3 is 0 Å². The molecule has 0 radical (unpaired) electrons. The van der Waals surface area contributed by atoms with Crippen LogP contribution in [0.1, 0.15) is 25.8 Å². The number of para-hydroxylation sites is 1. The zero-order valence-electron chi connectivity index (χ0n) is 21.0. The normalized spacial score (nSPS) is 34.4. The van der Waals surface area contributed by atoms with E-state index in [0.29, 0.717) is 23.7 Å². The molecular weight excluding hydrogens is 482 g/mol. The number of anilines is 1. The molecule has 0 aliphatic carbocycles. The van der Waals surface area contributed by atoms with Crippen LogP contribution in [0.15, 0.2) is 42.5 Å². The van der Waals surface area contributed by atoms with Gasteiger partial charge in [-0.3, -0.25) is 14.4 Å². The van der Waals surface area contributed by atoms with Crippen LogP contribution in [-0.4, -0.2) is 82.7 Å². The monoisotopic (exact) mass is 513 g/mol. The van der Waals surface area contributed by atoms with E-state index in [0.717, 1.165) is 5.56 Å². The van der Waals surface area contributed by atoms with E-state index in [1.54, 1.807) is 29.0 Å². The predicted octanol–water partition coefficient (Wildman–Crippen LogP) is 2.32. The number of carbonyl (C=O) groups excluding carboxylic acids is 3. The Balaban J connectivity index is 1.71. The van der Waals surface area contributed by atoms with E-state index in [2.05, 4.69) is 0 Å². The Bertz CT molecular complexity index is 1160. The first-order valence-corrected chi connectivity index (χ1v) is 12.8. The second-order valence-corrected chi connectivity index (χ2v) is 10.8. The minimum absolute atomic E-state index is 0.195. The van der Waals surface area contributed by atoms with E-state index in [9.17, 15) is 19.5 Å². The molecule has 6 atom stereocenters. The first-order valence-electron chi connectivity index (χ1n) is 12.4. The first-order chi connectivity index (χ1) is 17.1. The number of ether oxygens (including phenoxy) is 1. The highest BCUT2D eigenvalue weighted by atomic mass is 35.5. The molecule has 1 aromatic carbocycles. The van der Waals surface area contributed by atoms with Gasteiger partial charge in [0.1, 0.15) is 11.6 Å². The first kappa shape index (κ1) is 25.0. The molecule has 0 saturated carbocycles. The predicted molar refractivity (Wildman–Crippen MR) is 135 cm³/mol. The summed E-state index contributed by atoms with van der Waals surface area (Å²) in [6, 6.07) is 3.78. The fraction of sp³-hybridized carbons (Fsp3) is 0.519. The lowest BCUT2D eigenvalue weighted by molar-refractivity contribution is -0.150. The molecular formula is C27H32ClN3O5. The second kappa shape index (κ2) is 8.71. The molecule has 0 bridgehead atoms. The van der Waals surface area contributed by atoms with Gasteiger partial charge in [0.05, 0.1) is 40.8 Å². The average molecular weight is 514 g/mol. The molecule has 1 spiro atoms. The van der Waals surface area contributed by atoms with Crippen molar-refractivity contribution in [2.75, 3.05) is 31.6 Å². The number of aliphatic hydroxyl groups is 1. The van der Waals surface area contributed by atoms with Crippen molar-refractivity contribution in [2.45, 2.75) is 50.5 Å². The van der Waals surface area contributed by atoms with Gasteiger partial charge in [-0.05, 0) is 31.9 Å². The number of nitrogens with zero attached hydrogens (tertiary/aromatic N) is 3. The van der Waals surface area contributed by atoms with Crippen LogP contribution in [0.3, 0.4) is 0 Å². The van der Waals surface area contributed by atoms with Crippen molar-refractivity contribution >= 4 is 35.0 Å². The largest absolute Gasteiger partial charge is 0.394 e. The zero-order chi connectivity index (χ0) is 26.0. The number of rotatable bonds is 4. The fourth-order valence-electron chi connectivity index (χ4n) is 6.56. The lowest BCUT2D eigenvalue weighted by Gasteiger charge is -2.40. The van der Waals surface area contributed by atoms with E-state index < -0.39 is 35.1 Å². The van der Waals surface area contributed by atoms with Gasteiger partial charge in [0.15, 0.2) is 0 Å². The van der Waals surface area contributed by atoms with Crippen LogP contribution >= 0.6 is 11.6 Å². The summed E-state index contributed by atoms with van der Waals surface area (Å²) >= 11 is 6.56. The number of benzene rings is 1. The number of fused-ring (bicyclic) bond motifs is 2. The van der Waals surface area contributed by atoms with Crippen LogP contribution in [0, 0.1) is 18.8 Å². The lowest BCUT2D eigenvalue weighted by Crippen LogP contribution is -2.59. The molecule has 2 saturated heterocycles. The van der Waals surface area contributed by atoms with Crippen molar-refractivity contribution in [3.63, 3.8) is 0 Å². The Morgan fingerprint density at radius 1 is 1.11 bits per heavy atom. The van der Waals surface area contributed by atoms with Crippen LogP contribution in [0.5, 0.6) is 0 Å². The molecule has 1 N–H and O–H groups in total. The Morgan fingerprint density at radius 2 is 1.83 bits per heavy atom. The molecule has 4 heterocycles. The molecule has 1 unspecified atom stereocenters. The smallest absolute Gasteiger partial charge is 0.253 e. The minimum Gasteiger partial charge on any atom is -0.394 e. The summed E-state index contributed by atoms with van der Waals surface area (Å²) in [6.45, 7) is 5.90. The summed E-state index contributed by atoms with van der Waals surface area (Å²) in [4.78, 5) is 46.9. The number of halogens is 1. The minimum atomic E-state index is -1.36. The number of amides is 3. The van der Waals surface area contributed by atoms with Gasteiger partial charge in [-0.2, -0.15) is 0 Å². The Hall–Kier alpha value is -2.68. The SMILES string of the molecule is CC[C@@H](CO)N1C(=O)[C@@H]2[C@H]3C(=O)N(C)CC=C[C@@]3(C)O[C@@]23C=CCN(c2c(C)cccc2Cl)C(=O)C13. The lowest BCUT2D eigenvalue weighted by atomic mass is 9.74. The molecule has 2 fully saturated rings. The second-order valence-electron chi connectivity index (χ2n) is 10.4. The van der Waals surface area contributed by atoms with Crippen LogP contribution < -0.4 is 4.90 Å². The quantitative estimate of drug-likeness (QED) is 0.624. The van der Waals surface area contributed by atoms with Gasteiger partial charge in [0.25, 0.3) is 5.91 Å². The molecule has 4 aliphatic heterocycles. The third-order valence-corrected chi connectivity index (χ3v) is 8.54. The Kier molecular flexibility index (Phi) is 6.05. The molecule has 3 amide bonds. The maximum absolute atomic E-state index is 14.4. The number of carbonyl (C=O) groups is 3. The van der Waals surface area contributed by atoms with Crippen molar-refractivity contribution < 1.29 is 24.2 Å². The summed E-state index contributed by atoms with van der Waals surface area (Å²) in [5, 5.41) is 10.6. The Morgan fingerprint density at radius 3 is 2.50 bits per heavy atom. The number of aliphatic hydroxyl groups excluding tert-OH is 1. The van der Waals surface area contributed by atoms with Crippen LogP contribution in [-0.2, 0) is 19.1 Å². The van der Waals surface area contributed by atoms with E-state index in [1.165, 1.54) is 4.90 Å². The van der Waals surface area contributed by atoms with Crippen LogP contribution in [0.4, 0.5) is 5.69 Å². The van der Waals surface area contributed by atoms with Gasteiger partial charge in [-0.15, -0.1) is 0 Å². The molecule has 5 rings (SSSR count). The van der Waals surface area contributed by atoms with E-state index in [-0.39, 0.29) is 30.9 Å². The molecule has 1 aromatic rings. The van der Waals surface area contributed by atoms with Crippen molar-refractivity contribution in [1.82, 2.24) is 9.80 Å². The van der Waals surface area contributed by atoms with Gasteiger partial charge < -0.3 is 24.5 Å². The van der Waals surface area contributed by atoms with Gasteiger partial charge in [0, 0.05) is 20.1 Å². The highest BCUT2D eigenvalue weighted by molar-refractivity contribution is 6.34. The van der Waals surface area contributed by atoms with E-state index in [1.807, 2.05) is 51.1 Å². The third kappa shape index (κ3) is 3.31. The van der Waals surface area contributed by atoms with Crippen molar-refractivity contribution in [3.05, 3.63) is 53.1 Å². The standard InChI is InChI=1S/C27H32ClN3O5/c1-5-17(15-32)31-22-25(35)30(21-16(2)9-6-10-18(21)28)14-8-12-27(22)20(24(31)34)19-23(33)29(4)13-7-11-26(19,3)36-27/h6-12,17,19-20,22,32H,5,13-15H2,1-4H3/t17-,19-,20-,22?,26+,27-/m0/s1. The number of aryl methyl sites for hydroxylation is 1. The van der Waals surface area contributed by atoms with Crippen LogP contribution in [0.25, 0.3) is 0 Å².